The minimum Gasteiger partial charge on any atom is -0.480 e. The van der Waals surface area contributed by atoms with Crippen LogP contribution < -0.4 is 37.6 Å². The standard InChI is InChI=1S/C64H87N11O12/c1-39(2)33-49(69-56(80)43(7)72(9)54(77)37-66-60(84)51(74(11)61(85)41(5)65)35-45-25-17-13-18-26-45)59(83)68-42(6)62(86)75(12)52(34-40(3)4)63(87)73(10)44(8)57(81)70-50(58(82)67-38-55(78)79)36-53(76)71-64(46-27-19-14-20-28-46,47-29-21-15-22-30-47)48-31-23-16-24-32-48/h13-32,39-44,49-52H,33-38,65H2,1-12H3,(H,66,84)(H,67,82)(H,68,83)(H,69,80)(H,70,81)(H,71,76)(H,78,79)/t41-,42-,43-,44-,49-,50-,51-,52-/m0/s1. The van der Waals surface area contributed by atoms with Crippen LogP contribution in [0.2, 0.25) is 0 Å². The van der Waals surface area contributed by atoms with Crippen LogP contribution in [0.15, 0.2) is 121 Å². The van der Waals surface area contributed by atoms with E-state index in [-0.39, 0.29) is 31.1 Å². The van der Waals surface area contributed by atoms with Crippen molar-refractivity contribution in [3.05, 3.63) is 144 Å². The first kappa shape index (κ1) is 70.5. The second-order valence-corrected chi connectivity index (χ2v) is 22.8. The fourth-order valence-corrected chi connectivity index (χ4v) is 9.83. The maximum atomic E-state index is 14.6. The van der Waals surface area contributed by atoms with Crippen molar-refractivity contribution in [3.8, 4) is 0 Å². The smallest absolute Gasteiger partial charge is 0.322 e. The summed E-state index contributed by atoms with van der Waals surface area (Å²) in [7, 11) is 5.52. The Morgan fingerprint density at radius 1 is 0.471 bits per heavy atom. The minimum absolute atomic E-state index is 0.102. The predicted octanol–water partition coefficient (Wildman–Crippen LogP) is 2.31. The number of carbonyl (C=O) groups is 11. The number of hydrogen-bond donors (Lipinski definition) is 8. The van der Waals surface area contributed by atoms with Gasteiger partial charge in [-0.05, 0) is 74.6 Å². The van der Waals surface area contributed by atoms with Gasteiger partial charge in [0.25, 0.3) is 0 Å². The van der Waals surface area contributed by atoms with Crippen LogP contribution in [-0.4, -0.2) is 179 Å². The normalized spacial score (nSPS) is 14.0. The molecule has 0 aliphatic heterocycles. The first-order valence-corrected chi connectivity index (χ1v) is 29.0. The summed E-state index contributed by atoms with van der Waals surface area (Å²) >= 11 is 0. The summed E-state index contributed by atoms with van der Waals surface area (Å²) in [6, 6.07) is 26.8. The summed E-state index contributed by atoms with van der Waals surface area (Å²) in [6.07, 6.45) is -0.309. The number of carbonyl (C=O) groups excluding carboxylic acids is 10. The van der Waals surface area contributed by atoms with Gasteiger partial charge >= 0.3 is 5.97 Å². The van der Waals surface area contributed by atoms with Gasteiger partial charge in [-0.15, -0.1) is 0 Å². The molecular weight excluding hydrogens is 1110 g/mol. The number of hydrogen-bond acceptors (Lipinski definition) is 12. The zero-order valence-corrected chi connectivity index (χ0v) is 51.9. The highest BCUT2D eigenvalue weighted by Crippen LogP contribution is 2.37. The monoisotopic (exact) mass is 1200 g/mol. The van der Waals surface area contributed by atoms with Crippen LogP contribution in [0.3, 0.4) is 0 Å². The molecule has 4 rings (SSSR count). The molecule has 0 aliphatic carbocycles. The van der Waals surface area contributed by atoms with Crippen molar-refractivity contribution >= 4 is 65.0 Å². The molecule has 4 aromatic carbocycles. The second kappa shape index (κ2) is 33.1. The first-order chi connectivity index (χ1) is 41.0. The number of benzene rings is 4. The lowest BCUT2D eigenvalue weighted by Gasteiger charge is -2.37. The molecule has 8 atom stereocenters. The lowest BCUT2D eigenvalue weighted by molar-refractivity contribution is -0.149. The largest absolute Gasteiger partial charge is 0.480 e. The van der Waals surface area contributed by atoms with E-state index in [4.69, 9.17) is 5.73 Å². The van der Waals surface area contributed by atoms with Crippen LogP contribution >= 0.6 is 0 Å². The molecule has 0 aromatic heterocycles. The summed E-state index contributed by atoms with van der Waals surface area (Å²) in [5.41, 5.74) is 7.33. The molecule has 470 valence electrons. The van der Waals surface area contributed by atoms with Crippen LogP contribution in [0.5, 0.6) is 0 Å². The second-order valence-electron chi connectivity index (χ2n) is 22.8. The average Bonchev–Trinajstić information content (AvgIpc) is 0.961. The third-order valence-corrected chi connectivity index (χ3v) is 15.1. The Morgan fingerprint density at radius 3 is 1.37 bits per heavy atom. The van der Waals surface area contributed by atoms with Gasteiger partial charge in [-0.25, -0.2) is 0 Å². The Morgan fingerprint density at radius 2 is 0.908 bits per heavy atom. The van der Waals surface area contributed by atoms with Gasteiger partial charge in [0.1, 0.15) is 54.4 Å². The molecule has 0 unspecified atom stereocenters. The Bertz CT molecular complexity index is 2910. The molecule has 0 saturated heterocycles. The van der Waals surface area contributed by atoms with Crippen LogP contribution in [0.4, 0.5) is 0 Å². The topological polar surface area (TPSA) is 319 Å². The first-order valence-electron chi connectivity index (χ1n) is 29.0. The zero-order chi connectivity index (χ0) is 64.9. The van der Waals surface area contributed by atoms with Gasteiger partial charge in [0.15, 0.2) is 0 Å². The number of nitrogens with zero attached hydrogens (tertiary/aromatic N) is 4. The number of nitrogens with two attached hydrogens (primary N) is 1. The molecular formula is C64H87N11O12. The van der Waals surface area contributed by atoms with E-state index in [0.717, 1.165) is 20.3 Å². The Labute approximate surface area is 509 Å². The third-order valence-electron chi connectivity index (χ3n) is 15.1. The van der Waals surface area contributed by atoms with E-state index >= 15 is 0 Å². The molecule has 0 heterocycles. The van der Waals surface area contributed by atoms with E-state index in [9.17, 15) is 57.8 Å². The van der Waals surface area contributed by atoms with Gasteiger partial charge in [0.05, 0.1) is 19.0 Å². The zero-order valence-electron chi connectivity index (χ0n) is 51.9. The van der Waals surface area contributed by atoms with Gasteiger partial charge in [-0.3, -0.25) is 52.7 Å². The van der Waals surface area contributed by atoms with Gasteiger partial charge in [0, 0.05) is 34.6 Å². The Kier molecular flexibility index (Phi) is 26.8. The van der Waals surface area contributed by atoms with Gasteiger partial charge in [0.2, 0.25) is 59.1 Å². The van der Waals surface area contributed by atoms with E-state index in [2.05, 4.69) is 31.9 Å². The van der Waals surface area contributed by atoms with E-state index in [0.29, 0.717) is 16.7 Å². The van der Waals surface area contributed by atoms with Crippen molar-refractivity contribution in [1.82, 2.24) is 51.5 Å². The van der Waals surface area contributed by atoms with Crippen LogP contribution in [0.25, 0.3) is 0 Å². The average molecular weight is 1200 g/mol. The number of rotatable bonds is 31. The third kappa shape index (κ3) is 19.8. The summed E-state index contributed by atoms with van der Waals surface area (Å²) in [5.74, 6) is -8.85. The number of likely N-dealkylation sites (N-methyl/N-ethyl adjacent to an activating group) is 4. The SMILES string of the molecule is CC(C)C[C@H](NC(=O)[C@H](C)N(C)C(=O)CNC(=O)[C@H](Cc1ccccc1)N(C)C(=O)[C@H](C)N)C(=O)N[C@@H](C)C(=O)N(C)[C@@H](CC(C)C)C(=O)N(C)[C@@H](C)C(=O)N[C@@H](CC(=O)NC(c1ccccc1)(c1ccccc1)c1ccccc1)C(=O)NCC(=O)O. The van der Waals surface area contributed by atoms with Crippen molar-refractivity contribution in [2.45, 2.75) is 135 Å². The van der Waals surface area contributed by atoms with Gasteiger partial charge in [-0.2, -0.15) is 0 Å². The highest BCUT2D eigenvalue weighted by atomic mass is 16.4. The minimum atomic E-state index is -1.64. The number of carboxylic acid groups (broad SMARTS) is 1. The Balaban J connectivity index is 1.47. The molecule has 23 heteroatoms. The van der Waals surface area contributed by atoms with E-state index < -0.39 is 138 Å². The number of amides is 10. The van der Waals surface area contributed by atoms with E-state index in [1.165, 1.54) is 60.8 Å². The van der Waals surface area contributed by atoms with Gasteiger partial charge in [-0.1, -0.05) is 149 Å². The highest BCUT2D eigenvalue weighted by Gasteiger charge is 2.41. The van der Waals surface area contributed by atoms with Crippen molar-refractivity contribution in [2.75, 3.05) is 41.3 Å². The molecule has 0 bridgehead atoms. The highest BCUT2D eigenvalue weighted by molar-refractivity contribution is 5.98. The predicted molar refractivity (Wildman–Crippen MR) is 327 cm³/mol. The van der Waals surface area contributed by atoms with Crippen molar-refractivity contribution in [3.63, 3.8) is 0 Å². The lowest BCUT2D eigenvalue weighted by atomic mass is 9.77. The molecule has 4 aromatic rings. The summed E-state index contributed by atoms with van der Waals surface area (Å²) in [5, 5.41) is 25.3. The quantitative estimate of drug-likeness (QED) is 0.0336. The molecule has 87 heavy (non-hydrogen) atoms. The molecule has 0 fully saturated rings. The van der Waals surface area contributed by atoms with Crippen molar-refractivity contribution in [1.29, 1.82) is 0 Å². The lowest BCUT2D eigenvalue weighted by Crippen LogP contribution is -2.60. The number of aliphatic carboxylic acids is 1. The maximum absolute atomic E-state index is 14.6. The fourth-order valence-electron chi connectivity index (χ4n) is 9.83. The van der Waals surface area contributed by atoms with Crippen LogP contribution in [0, 0.1) is 11.8 Å². The molecule has 0 radical (unpaired) electrons. The van der Waals surface area contributed by atoms with Crippen molar-refractivity contribution < 1.29 is 57.8 Å². The van der Waals surface area contributed by atoms with Crippen molar-refractivity contribution in [2.24, 2.45) is 17.6 Å². The van der Waals surface area contributed by atoms with E-state index in [1.54, 1.807) is 24.3 Å². The van der Waals surface area contributed by atoms with Crippen LogP contribution in [0.1, 0.15) is 96.9 Å². The van der Waals surface area contributed by atoms with Gasteiger partial charge < -0.3 is 62.3 Å². The fraction of sp³-hybridized carbons (Fsp3) is 0.453. The molecule has 23 nitrogen and oxygen atoms in total. The summed E-state index contributed by atoms with van der Waals surface area (Å²) in [4.78, 5) is 155. The summed E-state index contributed by atoms with van der Waals surface area (Å²) in [6.45, 7) is 11.7. The molecule has 10 amide bonds. The molecule has 0 aliphatic rings. The molecule has 9 N–H and O–H groups in total. The van der Waals surface area contributed by atoms with Crippen LogP contribution in [-0.2, 0) is 64.7 Å². The summed E-state index contributed by atoms with van der Waals surface area (Å²) < 4.78 is 0. The maximum Gasteiger partial charge on any atom is 0.322 e. The number of nitrogens with one attached hydrogen (secondary N) is 6. The molecule has 0 spiro atoms. The van der Waals surface area contributed by atoms with E-state index in [1.807, 2.05) is 125 Å². The number of carboxylic acids is 1. The molecule has 0 saturated carbocycles. The Hall–Kier alpha value is -8.99.